The Labute approximate surface area is 170 Å². The maximum absolute atomic E-state index is 12.3. The van der Waals surface area contributed by atoms with Crippen molar-refractivity contribution in [1.82, 2.24) is 5.32 Å². The summed E-state index contributed by atoms with van der Waals surface area (Å²) in [5, 5.41) is 13.2. The minimum atomic E-state index is -1.18. The van der Waals surface area contributed by atoms with Crippen LogP contribution in [0.2, 0.25) is 0 Å². The van der Waals surface area contributed by atoms with Crippen LogP contribution in [0.4, 0.5) is 4.79 Å². The predicted molar refractivity (Wildman–Crippen MR) is 99.6 cm³/mol. The van der Waals surface area contributed by atoms with Gasteiger partial charge in [-0.15, -0.1) is 0 Å². The normalized spacial score (nSPS) is 27.2. The lowest BCUT2D eigenvalue weighted by Gasteiger charge is -2.35. The number of hydrogen-bond donors (Lipinski definition) is 2. The Morgan fingerprint density at radius 3 is 1.97 bits per heavy atom. The van der Waals surface area contributed by atoms with Crippen LogP contribution in [0.5, 0.6) is 0 Å². The van der Waals surface area contributed by atoms with Gasteiger partial charge in [0.05, 0.1) is 18.6 Å². The number of esters is 3. The van der Waals surface area contributed by atoms with E-state index in [1.807, 2.05) is 0 Å². The van der Waals surface area contributed by atoms with Crippen LogP contribution in [-0.4, -0.2) is 65.7 Å². The van der Waals surface area contributed by atoms with Gasteiger partial charge in [0.15, 0.2) is 6.10 Å². The first-order valence-corrected chi connectivity index (χ1v) is 9.45. The Morgan fingerprint density at radius 1 is 0.931 bits per heavy atom. The van der Waals surface area contributed by atoms with Gasteiger partial charge in [0.1, 0.15) is 11.7 Å². The number of nitrogens with one attached hydrogen (secondary N) is 1. The minimum absolute atomic E-state index is 0.146. The number of hydrogen-bond acceptors (Lipinski definition) is 9. The Bertz CT molecular complexity index is 613. The zero-order valence-electron chi connectivity index (χ0n) is 17.7. The van der Waals surface area contributed by atoms with Gasteiger partial charge < -0.3 is 29.4 Å². The van der Waals surface area contributed by atoms with Gasteiger partial charge >= 0.3 is 24.0 Å². The van der Waals surface area contributed by atoms with Crippen molar-refractivity contribution in [2.75, 3.05) is 6.61 Å². The van der Waals surface area contributed by atoms with Crippen LogP contribution >= 0.6 is 0 Å². The average Bonchev–Trinajstić information content (AvgIpc) is 2.63. The van der Waals surface area contributed by atoms with E-state index in [1.165, 1.54) is 20.8 Å². The highest BCUT2D eigenvalue weighted by Crippen LogP contribution is 2.30. The first kappa shape index (κ1) is 24.7. The Balaban J connectivity index is 3.23. The van der Waals surface area contributed by atoms with Crippen molar-refractivity contribution in [3.63, 3.8) is 0 Å². The number of carbonyl (C=O) groups is 4. The molecule has 1 saturated carbocycles. The van der Waals surface area contributed by atoms with Gasteiger partial charge in [0.25, 0.3) is 0 Å². The molecule has 0 spiro atoms. The lowest BCUT2D eigenvalue weighted by atomic mass is 9.91. The molecule has 0 bridgehead atoms. The molecule has 0 aromatic rings. The fraction of sp³-hybridized carbons (Fsp3) is 0.789. The number of aliphatic hydroxyl groups is 1. The van der Waals surface area contributed by atoms with Crippen LogP contribution in [-0.2, 0) is 33.3 Å². The van der Waals surface area contributed by atoms with E-state index in [2.05, 4.69) is 5.32 Å². The van der Waals surface area contributed by atoms with Gasteiger partial charge in [-0.3, -0.25) is 14.4 Å². The molecule has 1 rings (SSSR count). The second-order valence-corrected chi connectivity index (χ2v) is 8.01. The molecule has 0 aliphatic heterocycles. The largest absolute Gasteiger partial charge is 0.465 e. The van der Waals surface area contributed by atoms with E-state index in [1.54, 1.807) is 20.8 Å². The quantitative estimate of drug-likeness (QED) is 0.382. The number of carbonyl (C=O) groups excluding carboxylic acids is 4. The molecule has 1 amide bonds. The van der Waals surface area contributed by atoms with E-state index in [-0.39, 0.29) is 19.4 Å². The third kappa shape index (κ3) is 8.68. The van der Waals surface area contributed by atoms with E-state index in [4.69, 9.17) is 18.9 Å². The summed E-state index contributed by atoms with van der Waals surface area (Å²) in [6, 6.07) is -0.677. The van der Waals surface area contributed by atoms with E-state index >= 15 is 0 Å². The van der Waals surface area contributed by atoms with Gasteiger partial charge in [-0.1, -0.05) is 0 Å². The Kier molecular flexibility index (Phi) is 8.87. The van der Waals surface area contributed by atoms with Gasteiger partial charge in [0, 0.05) is 26.8 Å². The van der Waals surface area contributed by atoms with Crippen LogP contribution in [0.1, 0.15) is 54.4 Å². The third-order valence-corrected chi connectivity index (χ3v) is 4.20. The van der Waals surface area contributed by atoms with Gasteiger partial charge in [-0.2, -0.15) is 0 Å². The fourth-order valence-corrected chi connectivity index (χ4v) is 3.17. The number of amides is 1. The first-order chi connectivity index (χ1) is 13.3. The molecule has 0 radical (unpaired) electrons. The number of alkyl carbamates (subject to hydrolysis) is 1. The molecule has 0 aromatic carbocycles. The summed E-state index contributed by atoms with van der Waals surface area (Å²) in [7, 11) is 0. The highest BCUT2D eigenvalue weighted by atomic mass is 16.6. The molecule has 1 aliphatic carbocycles. The van der Waals surface area contributed by atoms with Gasteiger partial charge in [-0.05, 0) is 33.6 Å². The molecule has 0 unspecified atom stereocenters. The van der Waals surface area contributed by atoms with Crippen molar-refractivity contribution in [1.29, 1.82) is 0 Å². The molecule has 5 atom stereocenters. The summed E-state index contributed by atoms with van der Waals surface area (Å²) in [6.07, 6.45) is -3.78. The summed E-state index contributed by atoms with van der Waals surface area (Å²) in [5.74, 6) is -2.70. The van der Waals surface area contributed by atoms with Crippen molar-refractivity contribution in [3.05, 3.63) is 0 Å². The standard InChI is InChI=1S/C19H31NO9/c1-10(21)26-9-13-14(20-18(25)29-19(4,5)6)7-8-15(24)17(28-12(3)23)16(13)27-11(2)22/h13-17,24H,7-9H2,1-6H3,(H,20,25)/t13-,14-,15+,16+,17-/m1/s1. The molecule has 29 heavy (non-hydrogen) atoms. The second kappa shape index (κ2) is 10.4. The van der Waals surface area contributed by atoms with Crippen LogP contribution in [0.15, 0.2) is 0 Å². The Morgan fingerprint density at radius 2 is 1.48 bits per heavy atom. The SMILES string of the molecule is CC(=O)OC[C@H]1[C@H](OC(C)=O)[C@H](OC(C)=O)[C@@H](O)CC[C@H]1NC(=O)OC(C)(C)C. The predicted octanol–water partition coefficient (Wildman–Crippen LogP) is 1.08. The zero-order chi connectivity index (χ0) is 22.4. The van der Waals surface area contributed by atoms with Crippen molar-refractivity contribution < 1.29 is 43.2 Å². The summed E-state index contributed by atoms with van der Waals surface area (Å²) in [6.45, 7) is 8.44. The van der Waals surface area contributed by atoms with Crippen molar-refractivity contribution in [2.24, 2.45) is 5.92 Å². The van der Waals surface area contributed by atoms with Crippen molar-refractivity contribution in [2.45, 2.75) is 84.3 Å². The van der Waals surface area contributed by atoms with Gasteiger partial charge in [-0.25, -0.2) is 4.79 Å². The van der Waals surface area contributed by atoms with Crippen molar-refractivity contribution >= 4 is 24.0 Å². The molecule has 10 nitrogen and oxygen atoms in total. The molecular weight excluding hydrogens is 386 g/mol. The van der Waals surface area contributed by atoms with Crippen LogP contribution in [0, 0.1) is 5.92 Å². The minimum Gasteiger partial charge on any atom is -0.465 e. The summed E-state index contributed by atoms with van der Waals surface area (Å²) < 4.78 is 21.0. The molecular formula is C19H31NO9. The molecule has 166 valence electrons. The zero-order valence-corrected chi connectivity index (χ0v) is 17.7. The first-order valence-electron chi connectivity index (χ1n) is 9.45. The summed E-state index contributed by atoms with van der Waals surface area (Å²) in [5.41, 5.74) is -0.741. The molecule has 0 saturated heterocycles. The Hall–Kier alpha value is -2.36. The average molecular weight is 417 g/mol. The van der Waals surface area contributed by atoms with Gasteiger partial charge in [0.2, 0.25) is 0 Å². The van der Waals surface area contributed by atoms with Crippen LogP contribution in [0.25, 0.3) is 0 Å². The highest BCUT2D eigenvalue weighted by Gasteiger charge is 2.46. The van der Waals surface area contributed by atoms with Crippen LogP contribution in [0.3, 0.4) is 0 Å². The summed E-state index contributed by atoms with van der Waals surface area (Å²) in [4.78, 5) is 46.9. The van der Waals surface area contributed by atoms with E-state index in [0.29, 0.717) is 0 Å². The second-order valence-electron chi connectivity index (χ2n) is 8.01. The molecule has 0 aromatic heterocycles. The third-order valence-electron chi connectivity index (χ3n) is 4.20. The summed E-state index contributed by atoms with van der Waals surface area (Å²) >= 11 is 0. The number of rotatable bonds is 5. The monoisotopic (exact) mass is 417 g/mol. The van der Waals surface area contributed by atoms with E-state index in [0.717, 1.165) is 0 Å². The molecule has 1 fully saturated rings. The number of aliphatic hydroxyl groups excluding tert-OH is 1. The maximum Gasteiger partial charge on any atom is 0.407 e. The molecule has 2 N–H and O–H groups in total. The van der Waals surface area contributed by atoms with E-state index in [9.17, 15) is 24.3 Å². The number of ether oxygens (including phenoxy) is 4. The maximum atomic E-state index is 12.3. The fourth-order valence-electron chi connectivity index (χ4n) is 3.17. The molecule has 1 aliphatic rings. The lowest BCUT2D eigenvalue weighted by molar-refractivity contribution is -0.182. The topological polar surface area (TPSA) is 137 Å². The smallest absolute Gasteiger partial charge is 0.407 e. The lowest BCUT2D eigenvalue weighted by Crippen LogP contribution is -2.52. The van der Waals surface area contributed by atoms with Crippen LogP contribution < -0.4 is 5.32 Å². The highest BCUT2D eigenvalue weighted by molar-refractivity contribution is 5.69. The van der Waals surface area contributed by atoms with Crippen molar-refractivity contribution in [3.8, 4) is 0 Å². The molecule has 0 heterocycles. The molecule has 10 heteroatoms. The van der Waals surface area contributed by atoms with E-state index < -0.39 is 59.9 Å².